The molecule has 4 rings (SSSR count). The molecule has 0 radical (unpaired) electrons. The summed E-state index contributed by atoms with van der Waals surface area (Å²) in [5.41, 5.74) is 3.90. The maximum atomic E-state index is 13.1. The zero-order chi connectivity index (χ0) is 22.5. The average molecular weight is 425 g/mol. The third kappa shape index (κ3) is 4.70. The molecular weight excluding hydrogens is 402 g/mol. The van der Waals surface area contributed by atoms with E-state index in [0.717, 1.165) is 22.0 Å². The van der Waals surface area contributed by atoms with E-state index in [4.69, 9.17) is 4.74 Å². The summed E-state index contributed by atoms with van der Waals surface area (Å²) in [6.45, 7) is 1.95. The average Bonchev–Trinajstić information content (AvgIpc) is 3.21. The minimum Gasteiger partial charge on any atom is -0.497 e. The number of hydrogen-bond donors (Lipinski definition) is 3. The molecule has 1 aromatic heterocycles. The van der Waals surface area contributed by atoms with Gasteiger partial charge in [-0.1, -0.05) is 30.3 Å². The van der Waals surface area contributed by atoms with Gasteiger partial charge in [0.2, 0.25) is 0 Å². The first-order chi connectivity index (χ1) is 15.5. The lowest BCUT2D eigenvalue weighted by atomic mass is 10.1. The number of hydrogen-bond acceptors (Lipinski definition) is 3. The van der Waals surface area contributed by atoms with Crippen LogP contribution in [0.25, 0.3) is 17.0 Å². The lowest BCUT2D eigenvalue weighted by molar-refractivity contribution is -0.113. The number of ether oxygens (including phenoxy) is 1. The zero-order valence-electron chi connectivity index (χ0n) is 17.8. The highest BCUT2D eigenvalue weighted by Crippen LogP contribution is 2.25. The standard InChI is InChI=1S/C26H23N3O3/c1-17-7-6-10-20(13-17)28-26(31)24(29-25(30)18-8-4-3-5-9-18)14-19-16-27-23-12-11-21(32-2)15-22(19)23/h3-16,27H,1-2H3,(H,28,31)(H,29,30). The van der Waals surface area contributed by atoms with Crippen molar-refractivity contribution in [2.24, 2.45) is 0 Å². The molecule has 4 aromatic rings. The summed E-state index contributed by atoms with van der Waals surface area (Å²) in [4.78, 5) is 29.1. The Morgan fingerprint density at radius 2 is 1.78 bits per heavy atom. The number of H-pyrrole nitrogens is 1. The first-order valence-electron chi connectivity index (χ1n) is 10.1. The minimum absolute atomic E-state index is 0.129. The van der Waals surface area contributed by atoms with E-state index in [-0.39, 0.29) is 11.6 Å². The number of carbonyl (C=O) groups excluding carboxylic acids is 2. The fraction of sp³-hybridized carbons (Fsp3) is 0.0769. The Morgan fingerprint density at radius 3 is 2.53 bits per heavy atom. The molecule has 32 heavy (non-hydrogen) atoms. The molecule has 1 heterocycles. The molecule has 0 bridgehead atoms. The van der Waals surface area contributed by atoms with Crippen molar-refractivity contribution in [2.75, 3.05) is 12.4 Å². The molecule has 0 aliphatic carbocycles. The minimum atomic E-state index is -0.419. The molecule has 0 spiro atoms. The van der Waals surface area contributed by atoms with Crippen LogP contribution >= 0.6 is 0 Å². The molecular formula is C26H23N3O3. The Labute approximate surface area is 185 Å². The van der Waals surface area contributed by atoms with Crippen LogP contribution in [0.2, 0.25) is 0 Å². The highest BCUT2D eigenvalue weighted by atomic mass is 16.5. The molecule has 160 valence electrons. The highest BCUT2D eigenvalue weighted by Gasteiger charge is 2.16. The molecule has 0 aliphatic heterocycles. The predicted octanol–water partition coefficient (Wildman–Crippen LogP) is 4.89. The second-order valence-corrected chi connectivity index (χ2v) is 7.36. The fourth-order valence-corrected chi connectivity index (χ4v) is 3.39. The monoisotopic (exact) mass is 425 g/mol. The van der Waals surface area contributed by atoms with Crippen LogP contribution in [0.4, 0.5) is 5.69 Å². The van der Waals surface area contributed by atoms with Crippen molar-refractivity contribution in [3.63, 3.8) is 0 Å². The van der Waals surface area contributed by atoms with Crippen molar-refractivity contribution in [3.8, 4) is 5.75 Å². The van der Waals surface area contributed by atoms with Gasteiger partial charge in [0.1, 0.15) is 11.4 Å². The van der Waals surface area contributed by atoms with E-state index in [1.54, 1.807) is 49.7 Å². The summed E-state index contributed by atoms with van der Waals surface area (Å²) < 4.78 is 5.33. The number of aryl methyl sites for hydroxylation is 1. The Bertz CT molecular complexity index is 1310. The first-order valence-corrected chi connectivity index (χ1v) is 10.1. The van der Waals surface area contributed by atoms with Crippen LogP contribution in [0.15, 0.2) is 84.7 Å². The van der Waals surface area contributed by atoms with E-state index >= 15 is 0 Å². The number of benzene rings is 3. The molecule has 6 heteroatoms. The van der Waals surface area contributed by atoms with Crippen molar-refractivity contribution in [1.29, 1.82) is 0 Å². The van der Waals surface area contributed by atoms with E-state index < -0.39 is 5.91 Å². The summed E-state index contributed by atoms with van der Waals surface area (Å²) in [7, 11) is 1.60. The van der Waals surface area contributed by atoms with Crippen molar-refractivity contribution >= 4 is 34.5 Å². The molecule has 0 saturated carbocycles. The summed E-state index contributed by atoms with van der Waals surface area (Å²) in [5.74, 6) is -0.0865. The number of aromatic nitrogens is 1. The second-order valence-electron chi connectivity index (χ2n) is 7.36. The van der Waals surface area contributed by atoms with Gasteiger partial charge in [-0.25, -0.2) is 0 Å². The Morgan fingerprint density at radius 1 is 0.969 bits per heavy atom. The van der Waals surface area contributed by atoms with Gasteiger partial charge in [0.15, 0.2) is 0 Å². The summed E-state index contributed by atoms with van der Waals surface area (Å²) in [6.07, 6.45) is 3.45. The summed E-state index contributed by atoms with van der Waals surface area (Å²) in [6, 6.07) is 21.9. The molecule has 0 aliphatic rings. The molecule has 0 atom stereocenters. The fourth-order valence-electron chi connectivity index (χ4n) is 3.39. The van der Waals surface area contributed by atoms with Gasteiger partial charge in [-0.05, 0) is 61.0 Å². The maximum Gasteiger partial charge on any atom is 0.272 e. The first kappa shape index (κ1) is 20.9. The normalized spacial score (nSPS) is 11.2. The van der Waals surface area contributed by atoms with Crippen LogP contribution in [0.5, 0.6) is 5.75 Å². The highest BCUT2D eigenvalue weighted by molar-refractivity contribution is 6.11. The van der Waals surface area contributed by atoms with Crippen LogP contribution in [-0.4, -0.2) is 23.9 Å². The van der Waals surface area contributed by atoms with Gasteiger partial charge in [0, 0.05) is 33.9 Å². The van der Waals surface area contributed by atoms with Crippen LogP contribution in [0.1, 0.15) is 21.5 Å². The quantitative estimate of drug-likeness (QED) is 0.385. The second kappa shape index (κ2) is 9.22. The molecule has 6 nitrogen and oxygen atoms in total. The third-order valence-corrected chi connectivity index (χ3v) is 5.03. The topological polar surface area (TPSA) is 83.2 Å². The Kier molecular flexibility index (Phi) is 6.03. The smallest absolute Gasteiger partial charge is 0.272 e. The van der Waals surface area contributed by atoms with E-state index in [2.05, 4.69) is 15.6 Å². The number of carbonyl (C=O) groups is 2. The Balaban J connectivity index is 1.71. The molecule has 0 fully saturated rings. The van der Waals surface area contributed by atoms with Crippen molar-refractivity contribution in [3.05, 3.63) is 101 Å². The molecule has 3 aromatic carbocycles. The summed E-state index contributed by atoms with van der Waals surface area (Å²) >= 11 is 0. The van der Waals surface area contributed by atoms with Gasteiger partial charge in [0.05, 0.1) is 7.11 Å². The van der Waals surface area contributed by atoms with Crippen LogP contribution in [0.3, 0.4) is 0 Å². The molecule has 3 N–H and O–H groups in total. The predicted molar refractivity (Wildman–Crippen MR) is 127 cm³/mol. The molecule has 0 unspecified atom stereocenters. The van der Waals surface area contributed by atoms with E-state index in [0.29, 0.717) is 17.0 Å². The van der Waals surface area contributed by atoms with Gasteiger partial charge in [0.25, 0.3) is 11.8 Å². The number of rotatable bonds is 6. The zero-order valence-corrected chi connectivity index (χ0v) is 17.8. The number of methoxy groups -OCH3 is 1. The van der Waals surface area contributed by atoms with Crippen molar-refractivity contribution in [1.82, 2.24) is 10.3 Å². The largest absolute Gasteiger partial charge is 0.497 e. The number of anilines is 1. The van der Waals surface area contributed by atoms with E-state index in [1.807, 2.05) is 49.4 Å². The van der Waals surface area contributed by atoms with E-state index in [9.17, 15) is 9.59 Å². The van der Waals surface area contributed by atoms with Crippen molar-refractivity contribution in [2.45, 2.75) is 6.92 Å². The number of nitrogens with one attached hydrogen (secondary N) is 3. The third-order valence-electron chi connectivity index (χ3n) is 5.03. The van der Waals surface area contributed by atoms with Crippen molar-refractivity contribution < 1.29 is 14.3 Å². The lowest BCUT2D eigenvalue weighted by Gasteiger charge is -2.12. The van der Waals surface area contributed by atoms with Crippen LogP contribution in [-0.2, 0) is 4.79 Å². The van der Waals surface area contributed by atoms with Crippen LogP contribution < -0.4 is 15.4 Å². The van der Waals surface area contributed by atoms with Gasteiger partial charge >= 0.3 is 0 Å². The van der Waals surface area contributed by atoms with Gasteiger partial charge in [-0.3, -0.25) is 9.59 Å². The number of aromatic amines is 1. The lowest BCUT2D eigenvalue weighted by Crippen LogP contribution is -2.30. The molecule has 2 amide bonds. The molecule has 0 saturated heterocycles. The number of fused-ring (bicyclic) bond motifs is 1. The Hall–Kier alpha value is -4.32. The SMILES string of the molecule is COc1ccc2[nH]cc(C=C(NC(=O)c3ccccc3)C(=O)Nc3cccc(C)c3)c2c1. The van der Waals surface area contributed by atoms with Gasteiger partial charge < -0.3 is 20.4 Å². The van der Waals surface area contributed by atoms with E-state index in [1.165, 1.54) is 0 Å². The summed E-state index contributed by atoms with van der Waals surface area (Å²) in [5, 5.41) is 6.50. The van der Waals surface area contributed by atoms with Crippen LogP contribution in [0, 0.1) is 6.92 Å². The van der Waals surface area contributed by atoms with Gasteiger partial charge in [-0.2, -0.15) is 0 Å². The number of amides is 2. The van der Waals surface area contributed by atoms with Gasteiger partial charge in [-0.15, -0.1) is 0 Å². The maximum absolute atomic E-state index is 13.1.